The summed E-state index contributed by atoms with van der Waals surface area (Å²) in [4.78, 5) is 14.8. The highest BCUT2D eigenvalue weighted by molar-refractivity contribution is 5.88. The van der Waals surface area contributed by atoms with Gasteiger partial charge in [0.2, 0.25) is 5.91 Å². The Balaban J connectivity index is 1.83. The SMILES string of the molecule is COc1ccc2c(c1)[C@@H]1CC=C3CCN(C)C(=O)[C@@]3(C2)C1. The average Bonchev–Trinajstić information content (AvgIpc) is 2.51. The highest BCUT2D eigenvalue weighted by Crippen LogP contribution is 2.55. The van der Waals surface area contributed by atoms with Crippen molar-refractivity contribution >= 4 is 5.91 Å². The number of fused-ring (bicyclic) bond motifs is 3. The second-order valence-corrected chi connectivity index (χ2v) is 6.67. The lowest BCUT2D eigenvalue weighted by atomic mass is 9.57. The van der Waals surface area contributed by atoms with Gasteiger partial charge < -0.3 is 9.64 Å². The van der Waals surface area contributed by atoms with Gasteiger partial charge in [0, 0.05) is 13.6 Å². The number of piperidine rings is 1. The van der Waals surface area contributed by atoms with E-state index < -0.39 is 0 Å². The van der Waals surface area contributed by atoms with Gasteiger partial charge in [-0.3, -0.25) is 4.79 Å². The number of amides is 1. The highest BCUT2D eigenvalue weighted by atomic mass is 16.5. The van der Waals surface area contributed by atoms with Gasteiger partial charge in [-0.15, -0.1) is 0 Å². The lowest BCUT2D eigenvalue weighted by Gasteiger charge is -2.50. The number of likely N-dealkylation sites (tertiary alicyclic amines) is 1. The second kappa shape index (κ2) is 4.36. The van der Waals surface area contributed by atoms with Gasteiger partial charge in [-0.2, -0.15) is 0 Å². The zero-order valence-corrected chi connectivity index (χ0v) is 12.7. The van der Waals surface area contributed by atoms with Crippen LogP contribution in [0.2, 0.25) is 0 Å². The Bertz CT molecular complexity index is 649. The van der Waals surface area contributed by atoms with E-state index in [1.807, 2.05) is 18.0 Å². The third-order valence-electron chi connectivity index (χ3n) is 5.62. The minimum atomic E-state index is -0.252. The van der Waals surface area contributed by atoms with Gasteiger partial charge in [-0.05, 0) is 54.9 Å². The maximum Gasteiger partial charge on any atom is 0.232 e. The predicted octanol–water partition coefficient (Wildman–Crippen LogP) is 2.90. The monoisotopic (exact) mass is 283 g/mol. The summed E-state index contributed by atoms with van der Waals surface area (Å²) in [5.41, 5.74) is 3.86. The number of carbonyl (C=O) groups excluding carboxylic acids is 1. The van der Waals surface area contributed by atoms with Crippen LogP contribution in [0.5, 0.6) is 5.75 Å². The number of benzene rings is 1. The van der Waals surface area contributed by atoms with Crippen LogP contribution < -0.4 is 4.74 Å². The van der Waals surface area contributed by atoms with Crippen molar-refractivity contribution in [3.8, 4) is 5.75 Å². The number of methoxy groups -OCH3 is 1. The van der Waals surface area contributed by atoms with E-state index in [0.29, 0.717) is 11.8 Å². The summed E-state index contributed by atoms with van der Waals surface area (Å²) in [5, 5.41) is 0. The third-order valence-corrected chi connectivity index (χ3v) is 5.62. The van der Waals surface area contributed by atoms with E-state index in [1.165, 1.54) is 16.7 Å². The first-order valence-corrected chi connectivity index (χ1v) is 7.76. The van der Waals surface area contributed by atoms with Crippen molar-refractivity contribution in [3.05, 3.63) is 41.0 Å². The minimum absolute atomic E-state index is 0.252. The third kappa shape index (κ3) is 1.69. The van der Waals surface area contributed by atoms with Gasteiger partial charge in [-0.25, -0.2) is 0 Å². The predicted molar refractivity (Wildman–Crippen MR) is 81.4 cm³/mol. The molecule has 3 heteroatoms. The Hall–Kier alpha value is -1.77. The van der Waals surface area contributed by atoms with E-state index in [9.17, 15) is 4.79 Å². The molecule has 0 N–H and O–H groups in total. The molecule has 0 unspecified atom stereocenters. The molecule has 2 bridgehead atoms. The summed E-state index contributed by atoms with van der Waals surface area (Å²) in [7, 11) is 3.66. The number of rotatable bonds is 1. The number of allylic oxidation sites excluding steroid dienone is 1. The van der Waals surface area contributed by atoms with E-state index >= 15 is 0 Å². The van der Waals surface area contributed by atoms with Crippen molar-refractivity contribution in [2.75, 3.05) is 20.7 Å². The molecule has 2 aliphatic carbocycles. The fraction of sp³-hybridized carbons (Fsp3) is 0.500. The molecule has 3 nitrogen and oxygen atoms in total. The van der Waals surface area contributed by atoms with Crippen LogP contribution in [0.15, 0.2) is 29.8 Å². The van der Waals surface area contributed by atoms with Crippen LogP contribution in [0.4, 0.5) is 0 Å². The molecular formula is C18H21NO2. The van der Waals surface area contributed by atoms with Crippen molar-refractivity contribution in [2.24, 2.45) is 5.41 Å². The molecule has 1 aromatic rings. The Morgan fingerprint density at radius 2 is 2.24 bits per heavy atom. The summed E-state index contributed by atoms with van der Waals surface area (Å²) in [6.07, 6.45) is 6.29. The van der Waals surface area contributed by atoms with Crippen molar-refractivity contribution in [1.29, 1.82) is 0 Å². The van der Waals surface area contributed by atoms with Crippen LogP contribution >= 0.6 is 0 Å². The number of nitrogens with zero attached hydrogens (tertiary/aromatic N) is 1. The molecule has 3 aliphatic rings. The quantitative estimate of drug-likeness (QED) is 0.742. The molecule has 1 heterocycles. The van der Waals surface area contributed by atoms with E-state index in [-0.39, 0.29) is 5.41 Å². The van der Waals surface area contributed by atoms with E-state index in [4.69, 9.17) is 4.74 Å². The van der Waals surface area contributed by atoms with Gasteiger partial charge in [0.1, 0.15) is 5.75 Å². The molecule has 0 aromatic heterocycles. The number of hydrogen-bond donors (Lipinski definition) is 0. The van der Waals surface area contributed by atoms with E-state index in [0.717, 1.165) is 38.0 Å². The van der Waals surface area contributed by atoms with Crippen molar-refractivity contribution in [1.82, 2.24) is 4.90 Å². The normalized spacial score (nSPS) is 30.4. The lowest BCUT2D eigenvalue weighted by molar-refractivity contribution is -0.142. The summed E-state index contributed by atoms with van der Waals surface area (Å²) < 4.78 is 5.37. The summed E-state index contributed by atoms with van der Waals surface area (Å²) in [6.45, 7) is 0.868. The van der Waals surface area contributed by atoms with Crippen LogP contribution in [0.1, 0.15) is 36.3 Å². The first-order chi connectivity index (χ1) is 10.1. The van der Waals surface area contributed by atoms with Crippen LogP contribution in [-0.4, -0.2) is 31.5 Å². The molecule has 1 fully saturated rings. The molecule has 4 rings (SSSR count). The molecule has 2 atom stereocenters. The number of carbonyl (C=O) groups is 1. The molecule has 1 saturated heterocycles. The Morgan fingerprint density at radius 3 is 3.05 bits per heavy atom. The molecule has 1 spiro atoms. The van der Waals surface area contributed by atoms with Gasteiger partial charge in [0.05, 0.1) is 12.5 Å². The molecule has 1 aliphatic heterocycles. The summed E-state index contributed by atoms with van der Waals surface area (Å²) in [6, 6.07) is 6.35. The van der Waals surface area contributed by atoms with Gasteiger partial charge >= 0.3 is 0 Å². The highest BCUT2D eigenvalue weighted by Gasteiger charge is 2.51. The number of hydrogen-bond acceptors (Lipinski definition) is 2. The topological polar surface area (TPSA) is 29.5 Å². The molecule has 1 aromatic carbocycles. The van der Waals surface area contributed by atoms with Gasteiger partial charge in [0.25, 0.3) is 0 Å². The maximum absolute atomic E-state index is 12.9. The van der Waals surface area contributed by atoms with E-state index in [1.54, 1.807) is 7.11 Å². The lowest BCUT2D eigenvalue weighted by Crippen LogP contribution is -2.52. The Morgan fingerprint density at radius 1 is 1.38 bits per heavy atom. The van der Waals surface area contributed by atoms with Crippen LogP contribution in [0, 0.1) is 5.41 Å². The van der Waals surface area contributed by atoms with Gasteiger partial charge in [-0.1, -0.05) is 17.7 Å². The Labute approximate surface area is 125 Å². The van der Waals surface area contributed by atoms with Crippen molar-refractivity contribution in [3.63, 3.8) is 0 Å². The first kappa shape index (κ1) is 12.9. The Kier molecular flexibility index (Phi) is 2.69. The second-order valence-electron chi connectivity index (χ2n) is 6.67. The largest absolute Gasteiger partial charge is 0.497 e. The van der Waals surface area contributed by atoms with Crippen LogP contribution in [-0.2, 0) is 11.2 Å². The number of ether oxygens (including phenoxy) is 1. The molecule has 21 heavy (non-hydrogen) atoms. The fourth-order valence-corrected chi connectivity index (χ4v) is 4.50. The smallest absolute Gasteiger partial charge is 0.232 e. The molecule has 110 valence electrons. The first-order valence-electron chi connectivity index (χ1n) is 7.76. The zero-order valence-electron chi connectivity index (χ0n) is 12.7. The van der Waals surface area contributed by atoms with Crippen LogP contribution in [0.3, 0.4) is 0 Å². The van der Waals surface area contributed by atoms with Gasteiger partial charge in [0.15, 0.2) is 0 Å². The molecule has 0 saturated carbocycles. The van der Waals surface area contributed by atoms with E-state index in [2.05, 4.69) is 18.2 Å². The molecule has 1 amide bonds. The average molecular weight is 283 g/mol. The summed E-state index contributed by atoms with van der Waals surface area (Å²) in [5.74, 6) is 1.71. The van der Waals surface area contributed by atoms with Crippen LogP contribution in [0.25, 0.3) is 0 Å². The van der Waals surface area contributed by atoms with Crippen molar-refractivity contribution < 1.29 is 9.53 Å². The zero-order chi connectivity index (χ0) is 14.6. The standard InChI is InChI=1S/C18H21NO2/c1-19-8-7-14-5-3-12-10-18(14,17(19)20)11-13-4-6-15(21-2)9-16(12)13/h4-6,9,12H,3,7-8,10-11H2,1-2H3/t12-,18-/m1/s1. The minimum Gasteiger partial charge on any atom is -0.497 e. The summed E-state index contributed by atoms with van der Waals surface area (Å²) >= 11 is 0. The fourth-order valence-electron chi connectivity index (χ4n) is 4.50. The van der Waals surface area contributed by atoms with Crippen molar-refractivity contribution in [2.45, 2.75) is 31.6 Å². The molecule has 0 radical (unpaired) electrons. The molecular weight excluding hydrogens is 262 g/mol. The maximum atomic E-state index is 12.9.